The third-order valence-corrected chi connectivity index (χ3v) is 4.62. The van der Waals surface area contributed by atoms with Crippen LogP contribution in [0.15, 0.2) is 27.1 Å². The zero-order valence-corrected chi connectivity index (χ0v) is 12.2. The maximum atomic E-state index is 10.5. The lowest BCUT2D eigenvalue weighted by atomic mass is 9.88. The van der Waals surface area contributed by atoms with Crippen molar-refractivity contribution in [2.75, 3.05) is 11.5 Å². The SMILES string of the molecule is OC1(c2cc(Br)cc(Br)c2)CCSCC1. The summed E-state index contributed by atoms with van der Waals surface area (Å²) in [6, 6.07) is 6.02. The molecule has 0 unspecified atom stereocenters. The highest BCUT2D eigenvalue weighted by atomic mass is 79.9. The molecule has 1 aromatic carbocycles. The van der Waals surface area contributed by atoms with Crippen LogP contribution in [0.3, 0.4) is 0 Å². The van der Waals surface area contributed by atoms with Crippen molar-refractivity contribution < 1.29 is 5.11 Å². The van der Waals surface area contributed by atoms with Gasteiger partial charge in [0.25, 0.3) is 0 Å². The molecule has 1 saturated heterocycles. The summed E-state index contributed by atoms with van der Waals surface area (Å²) in [6.45, 7) is 0. The van der Waals surface area contributed by atoms with Crippen LogP contribution in [0, 0.1) is 0 Å². The summed E-state index contributed by atoms with van der Waals surface area (Å²) in [5.74, 6) is 2.08. The Morgan fingerprint density at radius 2 is 1.60 bits per heavy atom. The minimum absolute atomic E-state index is 0.627. The summed E-state index contributed by atoms with van der Waals surface area (Å²) < 4.78 is 2.03. The van der Waals surface area contributed by atoms with Gasteiger partial charge in [-0.2, -0.15) is 11.8 Å². The van der Waals surface area contributed by atoms with Crippen molar-refractivity contribution in [3.8, 4) is 0 Å². The van der Waals surface area contributed by atoms with E-state index in [9.17, 15) is 5.11 Å². The predicted octanol–water partition coefficient (Wildman–Crippen LogP) is 3.93. The third-order valence-electron chi connectivity index (χ3n) is 2.72. The van der Waals surface area contributed by atoms with Gasteiger partial charge in [-0.25, -0.2) is 0 Å². The highest BCUT2D eigenvalue weighted by Crippen LogP contribution is 2.37. The van der Waals surface area contributed by atoms with Crippen LogP contribution in [0.4, 0.5) is 0 Å². The molecule has 1 nitrogen and oxygen atoms in total. The Hall–Kier alpha value is 0.490. The van der Waals surface area contributed by atoms with Crippen LogP contribution in [-0.2, 0) is 5.60 Å². The first-order chi connectivity index (χ1) is 7.10. The molecule has 1 aliphatic heterocycles. The van der Waals surface area contributed by atoms with Crippen LogP contribution in [0.2, 0.25) is 0 Å². The molecule has 2 rings (SSSR count). The molecular weight excluding hydrogens is 340 g/mol. The quantitative estimate of drug-likeness (QED) is 0.827. The number of rotatable bonds is 1. The Labute approximate surface area is 111 Å². The van der Waals surface area contributed by atoms with Gasteiger partial charge in [-0.1, -0.05) is 31.9 Å². The van der Waals surface area contributed by atoms with Gasteiger partial charge in [0.2, 0.25) is 0 Å². The van der Waals surface area contributed by atoms with Gasteiger partial charge in [0, 0.05) is 8.95 Å². The Bertz CT molecular complexity index is 341. The Balaban J connectivity index is 2.34. The van der Waals surface area contributed by atoms with Crippen molar-refractivity contribution in [1.82, 2.24) is 0 Å². The summed E-state index contributed by atoms with van der Waals surface area (Å²) in [4.78, 5) is 0. The van der Waals surface area contributed by atoms with Gasteiger partial charge in [-0.05, 0) is 48.1 Å². The van der Waals surface area contributed by atoms with Crippen LogP contribution in [-0.4, -0.2) is 16.6 Å². The first kappa shape index (κ1) is 12.0. The molecule has 1 aromatic rings. The fourth-order valence-electron chi connectivity index (χ4n) is 1.82. The summed E-state index contributed by atoms with van der Waals surface area (Å²) in [6.07, 6.45) is 1.70. The molecule has 0 amide bonds. The monoisotopic (exact) mass is 350 g/mol. The van der Waals surface area contributed by atoms with Crippen LogP contribution < -0.4 is 0 Å². The molecule has 1 fully saturated rings. The van der Waals surface area contributed by atoms with E-state index in [4.69, 9.17) is 0 Å². The normalized spacial score (nSPS) is 20.2. The van der Waals surface area contributed by atoms with Gasteiger partial charge >= 0.3 is 0 Å². The van der Waals surface area contributed by atoms with Crippen LogP contribution >= 0.6 is 43.6 Å². The number of hydrogen-bond donors (Lipinski definition) is 1. The highest BCUT2D eigenvalue weighted by Gasteiger charge is 2.31. The molecule has 0 aliphatic carbocycles. The van der Waals surface area contributed by atoms with E-state index in [0.717, 1.165) is 38.9 Å². The van der Waals surface area contributed by atoms with Gasteiger partial charge in [-0.15, -0.1) is 0 Å². The lowest BCUT2D eigenvalue weighted by Crippen LogP contribution is -2.30. The first-order valence-corrected chi connectivity index (χ1v) is 7.61. The largest absolute Gasteiger partial charge is 0.385 e. The molecule has 1 heterocycles. The third kappa shape index (κ3) is 2.78. The van der Waals surface area contributed by atoms with Crippen molar-refractivity contribution in [3.63, 3.8) is 0 Å². The molecule has 0 saturated carbocycles. The van der Waals surface area contributed by atoms with Gasteiger partial charge in [0.05, 0.1) is 5.60 Å². The predicted molar refractivity (Wildman–Crippen MR) is 72.3 cm³/mol. The number of hydrogen-bond acceptors (Lipinski definition) is 2. The van der Waals surface area contributed by atoms with E-state index in [1.54, 1.807) is 0 Å². The fourth-order valence-corrected chi connectivity index (χ4v) is 4.28. The second-order valence-corrected chi connectivity index (χ2v) is 6.86. The van der Waals surface area contributed by atoms with E-state index in [0.29, 0.717) is 0 Å². The van der Waals surface area contributed by atoms with Gasteiger partial charge in [0.1, 0.15) is 0 Å². The standard InChI is InChI=1S/C11H12Br2OS/c12-9-5-8(6-10(13)7-9)11(14)1-3-15-4-2-11/h5-7,14H,1-4H2. The second-order valence-electron chi connectivity index (χ2n) is 3.80. The molecule has 4 heteroatoms. The number of halogens is 2. The smallest absolute Gasteiger partial charge is 0.0913 e. The fraction of sp³-hybridized carbons (Fsp3) is 0.455. The van der Waals surface area contributed by atoms with E-state index in [1.807, 2.05) is 30.0 Å². The number of thioether (sulfide) groups is 1. The molecule has 82 valence electrons. The Morgan fingerprint density at radius 3 is 2.13 bits per heavy atom. The van der Waals surface area contributed by atoms with E-state index in [2.05, 4.69) is 31.9 Å². The van der Waals surface area contributed by atoms with Crippen molar-refractivity contribution >= 4 is 43.6 Å². The molecule has 1 N–H and O–H groups in total. The van der Waals surface area contributed by atoms with Crippen LogP contribution in [0.25, 0.3) is 0 Å². The van der Waals surface area contributed by atoms with E-state index < -0.39 is 5.60 Å². The average molecular weight is 352 g/mol. The van der Waals surface area contributed by atoms with Crippen molar-refractivity contribution in [1.29, 1.82) is 0 Å². The number of aliphatic hydroxyl groups is 1. The number of benzene rings is 1. The molecule has 0 spiro atoms. The molecule has 15 heavy (non-hydrogen) atoms. The summed E-state index contributed by atoms with van der Waals surface area (Å²) in [5, 5.41) is 10.5. The summed E-state index contributed by atoms with van der Waals surface area (Å²) in [5.41, 5.74) is 0.390. The maximum Gasteiger partial charge on any atom is 0.0913 e. The molecule has 0 bridgehead atoms. The molecular formula is C11H12Br2OS. The summed E-state index contributed by atoms with van der Waals surface area (Å²) >= 11 is 8.83. The maximum absolute atomic E-state index is 10.5. The molecule has 0 radical (unpaired) electrons. The van der Waals surface area contributed by atoms with Gasteiger partial charge in [-0.3, -0.25) is 0 Å². The zero-order chi connectivity index (χ0) is 10.9. The Kier molecular flexibility index (Phi) is 3.81. The minimum atomic E-state index is -0.627. The summed E-state index contributed by atoms with van der Waals surface area (Å²) in [7, 11) is 0. The average Bonchev–Trinajstić information content (AvgIpc) is 2.17. The van der Waals surface area contributed by atoms with E-state index in [-0.39, 0.29) is 0 Å². The Morgan fingerprint density at radius 1 is 1.07 bits per heavy atom. The van der Waals surface area contributed by atoms with Crippen molar-refractivity contribution in [2.24, 2.45) is 0 Å². The van der Waals surface area contributed by atoms with Gasteiger partial charge in [0.15, 0.2) is 0 Å². The van der Waals surface area contributed by atoms with Crippen molar-refractivity contribution in [2.45, 2.75) is 18.4 Å². The van der Waals surface area contributed by atoms with Crippen LogP contribution in [0.1, 0.15) is 18.4 Å². The lowest BCUT2D eigenvalue weighted by molar-refractivity contribution is 0.0280. The van der Waals surface area contributed by atoms with Gasteiger partial charge < -0.3 is 5.11 Å². The van der Waals surface area contributed by atoms with E-state index >= 15 is 0 Å². The van der Waals surface area contributed by atoms with Crippen LogP contribution in [0.5, 0.6) is 0 Å². The molecule has 1 aliphatic rings. The first-order valence-electron chi connectivity index (χ1n) is 4.87. The van der Waals surface area contributed by atoms with E-state index in [1.165, 1.54) is 0 Å². The zero-order valence-electron chi connectivity index (χ0n) is 8.17. The highest BCUT2D eigenvalue weighted by molar-refractivity contribution is 9.11. The minimum Gasteiger partial charge on any atom is -0.385 e. The molecule has 0 aromatic heterocycles. The van der Waals surface area contributed by atoms with Crippen molar-refractivity contribution in [3.05, 3.63) is 32.7 Å². The topological polar surface area (TPSA) is 20.2 Å². The lowest BCUT2D eigenvalue weighted by Gasteiger charge is -2.32. The second kappa shape index (κ2) is 4.78. The molecule has 0 atom stereocenters.